The molecule has 9 heteroatoms. The molecule has 1 aromatic carbocycles. The van der Waals surface area contributed by atoms with Crippen LogP contribution >= 0.6 is 0 Å². The molecule has 1 aromatic heterocycles. The third-order valence-electron chi connectivity index (χ3n) is 3.79. The number of sulfonamides is 1. The Bertz CT molecular complexity index is 805. The largest absolute Gasteiger partial charge is 0.353 e. The topological polar surface area (TPSA) is 119 Å². The predicted molar refractivity (Wildman–Crippen MR) is 99.9 cm³/mol. The van der Waals surface area contributed by atoms with Gasteiger partial charge in [0.15, 0.2) is 0 Å². The van der Waals surface area contributed by atoms with E-state index in [2.05, 4.69) is 15.0 Å². The summed E-state index contributed by atoms with van der Waals surface area (Å²) in [5.41, 5.74) is 7.80. The van der Waals surface area contributed by atoms with Crippen molar-refractivity contribution in [2.45, 2.75) is 25.9 Å². The summed E-state index contributed by atoms with van der Waals surface area (Å²) in [7, 11) is -3.25. The summed E-state index contributed by atoms with van der Waals surface area (Å²) in [5, 5.41) is 2.62. The maximum absolute atomic E-state index is 12.0. The fourth-order valence-electron chi connectivity index (χ4n) is 2.34. The van der Waals surface area contributed by atoms with Crippen LogP contribution in [0.25, 0.3) is 0 Å². The van der Waals surface area contributed by atoms with Crippen molar-refractivity contribution in [2.24, 2.45) is 5.73 Å². The molecule has 1 amide bonds. The van der Waals surface area contributed by atoms with Gasteiger partial charge >= 0.3 is 0 Å². The van der Waals surface area contributed by atoms with Crippen LogP contribution in [0.3, 0.4) is 0 Å². The summed E-state index contributed by atoms with van der Waals surface area (Å²) in [4.78, 5) is 16.3. The van der Waals surface area contributed by atoms with E-state index in [4.69, 9.17) is 5.73 Å². The molecule has 0 saturated heterocycles. The first-order valence-electron chi connectivity index (χ1n) is 8.45. The fourth-order valence-corrected chi connectivity index (χ4v) is 2.95. The summed E-state index contributed by atoms with van der Waals surface area (Å²) in [6, 6.07) is 9.25. The van der Waals surface area contributed by atoms with Crippen LogP contribution in [0.2, 0.25) is 0 Å². The Kier molecular flexibility index (Phi) is 7.31. The van der Waals surface area contributed by atoms with Crippen LogP contribution in [-0.4, -0.2) is 48.8 Å². The number of hydrogen-bond acceptors (Lipinski definition) is 5. The van der Waals surface area contributed by atoms with Gasteiger partial charge in [-0.1, -0.05) is 30.3 Å². The van der Waals surface area contributed by atoms with Crippen molar-refractivity contribution in [2.75, 3.05) is 18.8 Å². The molecule has 26 heavy (non-hydrogen) atoms. The number of nitrogens with one attached hydrogen (secondary N) is 2. The molecular weight excluding hydrogens is 354 g/mol. The summed E-state index contributed by atoms with van der Waals surface area (Å²) < 4.78 is 26.9. The predicted octanol–water partition coefficient (Wildman–Crippen LogP) is -0.143. The summed E-state index contributed by atoms with van der Waals surface area (Å²) in [6.07, 6.45) is 3.90. The van der Waals surface area contributed by atoms with Crippen LogP contribution < -0.4 is 15.8 Å². The third kappa shape index (κ3) is 6.58. The van der Waals surface area contributed by atoms with Gasteiger partial charge in [0.1, 0.15) is 0 Å². The zero-order valence-corrected chi connectivity index (χ0v) is 15.6. The number of carbonyl (C=O) groups is 1. The normalized spacial score (nSPS) is 12.7. The van der Waals surface area contributed by atoms with Gasteiger partial charge in [-0.25, -0.2) is 18.1 Å². The van der Waals surface area contributed by atoms with Gasteiger partial charge in [-0.05, 0) is 12.5 Å². The molecule has 1 heterocycles. The van der Waals surface area contributed by atoms with Gasteiger partial charge in [0.05, 0.1) is 23.8 Å². The summed E-state index contributed by atoms with van der Waals surface area (Å²) in [6.45, 7) is 2.58. The molecule has 0 unspecified atom stereocenters. The standard InChI is InChI=1S/C17H25N5O3S/c1-2-26(24,25)21-9-8-19-17(23)16(18)10-15-12-22(13-20-15)11-14-6-4-3-5-7-14/h3-7,12-13,16,21H,2,8-11,18H2,1H3,(H,19,23)/t16-/m0/s1. The Labute approximate surface area is 153 Å². The number of rotatable bonds is 10. The average Bonchev–Trinajstić information content (AvgIpc) is 3.06. The average molecular weight is 379 g/mol. The molecule has 2 aromatic rings. The molecule has 0 aliphatic heterocycles. The number of imidazole rings is 1. The number of carbonyl (C=O) groups excluding carboxylic acids is 1. The molecule has 0 aliphatic carbocycles. The maximum Gasteiger partial charge on any atom is 0.237 e. The zero-order chi connectivity index (χ0) is 19.0. The van der Waals surface area contributed by atoms with Crippen molar-refractivity contribution in [3.8, 4) is 0 Å². The SMILES string of the molecule is CCS(=O)(=O)NCCNC(=O)[C@@H](N)Cc1cn(Cc2ccccc2)cn1. The number of benzene rings is 1. The van der Waals surface area contributed by atoms with Crippen molar-refractivity contribution < 1.29 is 13.2 Å². The number of aromatic nitrogens is 2. The minimum atomic E-state index is -3.25. The Morgan fingerprint density at radius 3 is 2.69 bits per heavy atom. The molecule has 0 bridgehead atoms. The van der Waals surface area contributed by atoms with E-state index < -0.39 is 16.1 Å². The second-order valence-corrected chi connectivity index (χ2v) is 8.02. The van der Waals surface area contributed by atoms with Crippen LogP contribution in [0.15, 0.2) is 42.9 Å². The van der Waals surface area contributed by atoms with Crippen molar-refractivity contribution in [3.05, 3.63) is 54.1 Å². The highest BCUT2D eigenvalue weighted by Gasteiger charge is 2.15. The third-order valence-corrected chi connectivity index (χ3v) is 5.19. The van der Waals surface area contributed by atoms with Gasteiger partial charge in [0.2, 0.25) is 15.9 Å². The van der Waals surface area contributed by atoms with E-state index in [9.17, 15) is 13.2 Å². The Balaban J connectivity index is 1.76. The lowest BCUT2D eigenvalue weighted by molar-refractivity contribution is -0.122. The van der Waals surface area contributed by atoms with Crippen molar-refractivity contribution in [3.63, 3.8) is 0 Å². The van der Waals surface area contributed by atoms with Gasteiger partial charge in [-0.2, -0.15) is 0 Å². The van der Waals surface area contributed by atoms with E-state index in [1.54, 1.807) is 13.3 Å². The van der Waals surface area contributed by atoms with Crippen LogP contribution in [0.5, 0.6) is 0 Å². The highest BCUT2D eigenvalue weighted by Crippen LogP contribution is 2.05. The summed E-state index contributed by atoms with van der Waals surface area (Å²) >= 11 is 0. The zero-order valence-electron chi connectivity index (χ0n) is 14.8. The van der Waals surface area contributed by atoms with Gasteiger partial charge < -0.3 is 15.6 Å². The van der Waals surface area contributed by atoms with E-state index in [1.165, 1.54) is 0 Å². The monoisotopic (exact) mass is 379 g/mol. The fraction of sp³-hybridized carbons (Fsp3) is 0.412. The van der Waals surface area contributed by atoms with Gasteiger partial charge in [0, 0.05) is 32.3 Å². The first-order chi connectivity index (χ1) is 12.4. The molecule has 4 N–H and O–H groups in total. The van der Waals surface area contributed by atoms with Crippen molar-refractivity contribution >= 4 is 15.9 Å². The van der Waals surface area contributed by atoms with Crippen molar-refractivity contribution in [1.82, 2.24) is 19.6 Å². The first kappa shape index (κ1) is 20.1. The first-order valence-corrected chi connectivity index (χ1v) is 10.1. The van der Waals surface area contributed by atoms with E-state index in [0.717, 1.165) is 11.3 Å². The Morgan fingerprint density at radius 2 is 2.00 bits per heavy atom. The lowest BCUT2D eigenvalue weighted by Gasteiger charge is -2.11. The molecule has 1 atom stereocenters. The summed E-state index contributed by atoms with van der Waals surface area (Å²) in [5.74, 6) is -0.329. The van der Waals surface area contributed by atoms with E-state index in [-0.39, 0.29) is 24.7 Å². The van der Waals surface area contributed by atoms with Gasteiger partial charge in [-0.15, -0.1) is 0 Å². The Morgan fingerprint density at radius 1 is 1.27 bits per heavy atom. The highest BCUT2D eigenvalue weighted by atomic mass is 32.2. The van der Waals surface area contributed by atoms with E-state index >= 15 is 0 Å². The molecule has 0 fully saturated rings. The van der Waals surface area contributed by atoms with Gasteiger partial charge in [-0.3, -0.25) is 4.79 Å². The molecule has 0 aliphatic rings. The van der Waals surface area contributed by atoms with Crippen LogP contribution in [0.1, 0.15) is 18.2 Å². The molecule has 0 saturated carbocycles. The minimum Gasteiger partial charge on any atom is -0.353 e. The second-order valence-electron chi connectivity index (χ2n) is 5.92. The van der Waals surface area contributed by atoms with Crippen LogP contribution in [0, 0.1) is 0 Å². The Hall–Kier alpha value is -2.23. The van der Waals surface area contributed by atoms with Crippen molar-refractivity contribution in [1.29, 1.82) is 0 Å². The minimum absolute atomic E-state index is 0.00605. The number of amides is 1. The lowest BCUT2D eigenvalue weighted by atomic mass is 10.1. The lowest BCUT2D eigenvalue weighted by Crippen LogP contribution is -2.44. The maximum atomic E-state index is 12.0. The van der Waals surface area contributed by atoms with Crippen LogP contribution in [-0.2, 0) is 27.8 Å². The van der Waals surface area contributed by atoms with Gasteiger partial charge in [0.25, 0.3) is 0 Å². The molecule has 0 radical (unpaired) electrons. The molecule has 8 nitrogen and oxygen atoms in total. The quantitative estimate of drug-likeness (QED) is 0.496. The second kappa shape index (κ2) is 9.46. The van der Waals surface area contributed by atoms with E-state index in [1.807, 2.05) is 41.1 Å². The molecular formula is C17H25N5O3S. The number of hydrogen-bond donors (Lipinski definition) is 3. The number of nitrogens with zero attached hydrogens (tertiary/aromatic N) is 2. The van der Waals surface area contributed by atoms with Crippen LogP contribution in [0.4, 0.5) is 0 Å². The number of nitrogens with two attached hydrogens (primary N) is 1. The molecule has 0 spiro atoms. The van der Waals surface area contributed by atoms with E-state index in [0.29, 0.717) is 13.0 Å². The highest BCUT2D eigenvalue weighted by molar-refractivity contribution is 7.89. The molecule has 142 valence electrons. The molecule has 2 rings (SSSR count). The smallest absolute Gasteiger partial charge is 0.237 e.